The van der Waals surface area contributed by atoms with E-state index in [1.807, 2.05) is 0 Å². The number of carbonyl (C=O) groups excluding carboxylic acids is 2. The number of methoxy groups -OCH3 is 3. The third-order valence-electron chi connectivity index (χ3n) is 5.76. The largest absolute Gasteiger partial charge is 0.497 e. The smallest absolute Gasteiger partial charge is 0.321 e. The number of ether oxygens (including phenoxy) is 3. The van der Waals surface area contributed by atoms with Crippen LogP contribution in [0.5, 0.6) is 17.2 Å². The van der Waals surface area contributed by atoms with Crippen LogP contribution in [0.1, 0.15) is 33.6 Å². The molecule has 3 aromatic rings. The van der Waals surface area contributed by atoms with E-state index in [2.05, 4.69) is 20.8 Å². The van der Waals surface area contributed by atoms with Gasteiger partial charge in [-0.2, -0.15) is 0 Å². The van der Waals surface area contributed by atoms with E-state index >= 15 is 0 Å². The maximum atomic E-state index is 12.8. The molecular weight excluding hydrogens is 470 g/mol. The van der Waals surface area contributed by atoms with Crippen molar-refractivity contribution in [3.8, 4) is 17.2 Å². The first-order chi connectivity index (χ1) is 17.0. The Labute approximate surface area is 207 Å². The fourth-order valence-corrected chi connectivity index (χ4v) is 4.69. The molecule has 2 N–H and O–H groups in total. The van der Waals surface area contributed by atoms with Gasteiger partial charge in [-0.15, -0.1) is 10.2 Å². The highest BCUT2D eigenvalue weighted by Gasteiger charge is 2.27. The molecule has 0 unspecified atom stereocenters. The second-order valence-corrected chi connectivity index (χ2v) is 8.89. The van der Waals surface area contributed by atoms with E-state index in [1.165, 1.54) is 11.3 Å². The minimum absolute atomic E-state index is 0.144. The van der Waals surface area contributed by atoms with Crippen molar-refractivity contribution in [3.63, 3.8) is 0 Å². The van der Waals surface area contributed by atoms with E-state index in [9.17, 15) is 9.59 Å². The van der Waals surface area contributed by atoms with Gasteiger partial charge in [0.2, 0.25) is 5.01 Å². The summed E-state index contributed by atoms with van der Waals surface area (Å²) in [4.78, 5) is 27.1. The van der Waals surface area contributed by atoms with Crippen LogP contribution in [0.3, 0.4) is 0 Å². The molecule has 1 aromatic heterocycles. The Balaban J connectivity index is 1.32. The molecule has 2 aromatic carbocycles. The Kier molecular flexibility index (Phi) is 7.66. The molecule has 4 rings (SSSR count). The van der Waals surface area contributed by atoms with Crippen LogP contribution in [0, 0.1) is 0 Å². The van der Waals surface area contributed by atoms with Crippen LogP contribution in [0.4, 0.5) is 16.2 Å². The van der Waals surface area contributed by atoms with Gasteiger partial charge in [0.05, 0.1) is 27.0 Å². The zero-order valence-electron chi connectivity index (χ0n) is 19.7. The van der Waals surface area contributed by atoms with Gasteiger partial charge in [-0.05, 0) is 49.2 Å². The van der Waals surface area contributed by atoms with Crippen LogP contribution in [-0.2, 0) is 0 Å². The maximum Gasteiger partial charge on any atom is 0.321 e. The van der Waals surface area contributed by atoms with Crippen LogP contribution in [0.2, 0.25) is 0 Å². The fraction of sp³-hybridized carbons (Fsp3) is 0.333. The number of anilines is 2. The molecule has 0 atom stereocenters. The number of aromatic nitrogens is 2. The van der Waals surface area contributed by atoms with Crippen molar-refractivity contribution in [2.24, 2.45) is 0 Å². The van der Waals surface area contributed by atoms with Crippen molar-refractivity contribution in [1.29, 1.82) is 0 Å². The number of nitrogens with zero attached hydrogens (tertiary/aromatic N) is 3. The molecule has 1 aliphatic heterocycles. The first-order valence-corrected chi connectivity index (χ1v) is 11.9. The lowest BCUT2D eigenvalue weighted by Crippen LogP contribution is -2.40. The first kappa shape index (κ1) is 24.3. The average Bonchev–Trinajstić information content (AvgIpc) is 3.40. The topological polar surface area (TPSA) is 115 Å². The molecule has 1 saturated heterocycles. The van der Waals surface area contributed by atoms with Gasteiger partial charge in [-0.25, -0.2) is 4.79 Å². The van der Waals surface area contributed by atoms with Gasteiger partial charge >= 0.3 is 6.03 Å². The standard InChI is InChI=1S/C24H27N5O5S/c1-32-17-6-4-16(5-7-17)25-21(30)23-28-27-22(35-23)15-10-12-29(13-11-15)24(31)26-19-14-18(33-2)8-9-20(19)34-3/h4-9,14-15H,10-13H2,1-3H3,(H,25,30)(H,26,31). The lowest BCUT2D eigenvalue weighted by atomic mass is 9.98. The van der Waals surface area contributed by atoms with Crippen molar-refractivity contribution in [2.75, 3.05) is 45.1 Å². The Bertz CT molecular complexity index is 1180. The van der Waals surface area contributed by atoms with Gasteiger partial charge in [0.25, 0.3) is 5.91 Å². The molecule has 0 spiro atoms. The van der Waals surface area contributed by atoms with Gasteiger partial charge in [-0.3, -0.25) is 4.79 Å². The van der Waals surface area contributed by atoms with Crippen molar-refractivity contribution < 1.29 is 23.8 Å². The normalized spacial score (nSPS) is 13.7. The Hall–Kier alpha value is -3.86. The Morgan fingerprint density at radius 2 is 1.60 bits per heavy atom. The number of hydrogen-bond acceptors (Lipinski definition) is 8. The summed E-state index contributed by atoms with van der Waals surface area (Å²) in [6, 6.07) is 12.1. The summed E-state index contributed by atoms with van der Waals surface area (Å²) in [6.07, 6.45) is 1.47. The van der Waals surface area contributed by atoms with Crippen molar-refractivity contribution in [1.82, 2.24) is 15.1 Å². The van der Waals surface area contributed by atoms with Crippen molar-refractivity contribution in [2.45, 2.75) is 18.8 Å². The summed E-state index contributed by atoms with van der Waals surface area (Å²) < 4.78 is 15.7. The number of benzene rings is 2. The number of urea groups is 1. The highest BCUT2D eigenvalue weighted by molar-refractivity contribution is 7.13. The average molecular weight is 498 g/mol. The number of hydrogen-bond donors (Lipinski definition) is 2. The molecule has 1 aliphatic rings. The predicted molar refractivity (Wildman–Crippen MR) is 133 cm³/mol. The maximum absolute atomic E-state index is 12.8. The lowest BCUT2D eigenvalue weighted by Gasteiger charge is -2.31. The number of likely N-dealkylation sites (tertiary alicyclic amines) is 1. The third-order valence-corrected chi connectivity index (χ3v) is 6.85. The van der Waals surface area contributed by atoms with Crippen LogP contribution in [0.15, 0.2) is 42.5 Å². The van der Waals surface area contributed by atoms with Crippen LogP contribution < -0.4 is 24.8 Å². The van der Waals surface area contributed by atoms with E-state index in [-0.39, 0.29) is 17.9 Å². The summed E-state index contributed by atoms with van der Waals surface area (Å²) in [5.74, 6) is 1.74. The quantitative estimate of drug-likeness (QED) is 0.502. The number of amides is 3. The zero-order chi connectivity index (χ0) is 24.8. The monoisotopic (exact) mass is 497 g/mol. The molecule has 11 heteroatoms. The molecule has 3 amide bonds. The highest BCUT2D eigenvalue weighted by atomic mass is 32.1. The molecule has 0 aliphatic carbocycles. The Morgan fingerprint density at radius 3 is 2.26 bits per heavy atom. The number of piperidine rings is 1. The SMILES string of the molecule is COc1ccc(NC(=O)c2nnc(C3CCN(C(=O)Nc4cc(OC)ccc4OC)CC3)s2)cc1. The second-order valence-electron chi connectivity index (χ2n) is 7.89. The van der Waals surface area contributed by atoms with Gasteiger partial charge in [0.15, 0.2) is 0 Å². The minimum Gasteiger partial charge on any atom is -0.497 e. The van der Waals surface area contributed by atoms with Crippen molar-refractivity contribution >= 4 is 34.6 Å². The summed E-state index contributed by atoms with van der Waals surface area (Å²) >= 11 is 1.29. The molecule has 184 valence electrons. The minimum atomic E-state index is -0.303. The fourth-order valence-electron chi connectivity index (χ4n) is 3.79. The molecule has 1 fully saturated rings. The molecule has 10 nitrogen and oxygen atoms in total. The number of rotatable bonds is 7. The lowest BCUT2D eigenvalue weighted by molar-refractivity contribution is 0.102. The number of carbonyl (C=O) groups is 2. The van der Waals surface area contributed by atoms with E-state index < -0.39 is 0 Å². The summed E-state index contributed by atoms with van der Waals surface area (Å²) in [5.41, 5.74) is 1.20. The molecular formula is C24H27N5O5S. The van der Waals surface area contributed by atoms with Crippen molar-refractivity contribution in [3.05, 3.63) is 52.5 Å². The first-order valence-electron chi connectivity index (χ1n) is 11.1. The second kappa shape index (κ2) is 11.0. The van der Waals surface area contributed by atoms with Gasteiger partial charge in [-0.1, -0.05) is 11.3 Å². The van der Waals surface area contributed by atoms with E-state index in [4.69, 9.17) is 14.2 Å². The van der Waals surface area contributed by atoms with E-state index in [0.717, 1.165) is 17.8 Å². The molecule has 0 bridgehead atoms. The molecule has 35 heavy (non-hydrogen) atoms. The van der Waals surface area contributed by atoms with E-state index in [1.54, 1.807) is 68.7 Å². The Morgan fingerprint density at radius 1 is 0.914 bits per heavy atom. The van der Waals surface area contributed by atoms with Crippen LogP contribution >= 0.6 is 11.3 Å². The third kappa shape index (κ3) is 5.80. The highest BCUT2D eigenvalue weighted by Crippen LogP contribution is 2.32. The molecule has 2 heterocycles. The summed E-state index contributed by atoms with van der Waals surface area (Å²) in [6.45, 7) is 1.13. The van der Waals surface area contributed by atoms with Crippen LogP contribution in [-0.4, -0.2) is 61.5 Å². The van der Waals surface area contributed by atoms with E-state index in [0.29, 0.717) is 46.7 Å². The predicted octanol–water partition coefficient (Wildman–Crippen LogP) is 4.23. The van der Waals surface area contributed by atoms with Gasteiger partial charge in [0.1, 0.15) is 22.3 Å². The van der Waals surface area contributed by atoms with Gasteiger partial charge in [0, 0.05) is 30.8 Å². The molecule has 0 saturated carbocycles. The van der Waals surface area contributed by atoms with Crippen LogP contribution in [0.25, 0.3) is 0 Å². The molecule has 0 radical (unpaired) electrons. The summed E-state index contributed by atoms with van der Waals surface area (Å²) in [5, 5.41) is 15.2. The summed E-state index contributed by atoms with van der Waals surface area (Å²) in [7, 11) is 4.71. The zero-order valence-corrected chi connectivity index (χ0v) is 20.6. The van der Waals surface area contributed by atoms with Gasteiger partial charge < -0.3 is 29.7 Å². The number of nitrogens with one attached hydrogen (secondary N) is 2.